The van der Waals surface area contributed by atoms with E-state index in [0.29, 0.717) is 6.54 Å². The monoisotopic (exact) mass is 336 g/mol. The maximum atomic E-state index is 12.3. The third-order valence-electron chi connectivity index (χ3n) is 5.13. The molecule has 4 heteroatoms. The Hall–Kier alpha value is -2.49. The van der Waals surface area contributed by atoms with Crippen LogP contribution in [0.4, 0.5) is 4.79 Å². The minimum atomic E-state index is -0.0776. The number of hydrogen-bond acceptors (Lipinski definition) is 2. The Morgan fingerprint density at radius 2 is 2.04 bits per heavy atom. The largest absolute Gasteiger partial charge is 0.493 e. The van der Waals surface area contributed by atoms with Crippen molar-refractivity contribution in [3.05, 3.63) is 64.7 Å². The van der Waals surface area contributed by atoms with E-state index in [1.54, 1.807) is 0 Å². The van der Waals surface area contributed by atoms with Gasteiger partial charge < -0.3 is 15.4 Å². The number of carbonyl (C=O) groups is 1. The quantitative estimate of drug-likeness (QED) is 0.897. The predicted octanol–water partition coefficient (Wildman–Crippen LogP) is 3.54. The average Bonchev–Trinajstić information content (AvgIpc) is 3.10. The molecule has 2 aromatic rings. The number of carbonyl (C=O) groups excluding carboxylic acids is 1. The normalized spacial score (nSPS) is 18.0. The number of amides is 2. The Morgan fingerprint density at radius 3 is 3.00 bits per heavy atom. The maximum Gasteiger partial charge on any atom is 0.315 e. The number of benzene rings is 2. The van der Waals surface area contributed by atoms with E-state index in [-0.39, 0.29) is 12.1 Å². The first-order valence-corrected chi connectivity index (χ1v) is 9.16. The molecular weight excluding hydrogens is 312 g/mol. The van der Waals surface area contributed by atoms with Gasteiger partial charge in [0.2, 0.25) is 0 Å². The van der Waals surface area contributed by atoms with Gasteiger partial charge in [0.25, 0.3) is 0 Å². The first-order valence-electron chi connectivity index (χ1n) is 9.16. The fraction of sp³-hybridized carbons (Fsp3) is 0.381. The average molecular weight is 336 g/mol. The fourth-order valence-corrected chi connectivity index (χ4v) is 3.83. The van der Waals surface area contributed by atoms with Crippen LogP contribution in [-0.2, 0) is 19.3 Å². The van der Waals surface area contributed by atoms with E-state index in [4.69, 9.17) is 4.74 Å². The van der Waals surface area contributed by atoms with Crippen LogP contribution < -0.4 is 15.4 Å². The van der Waals surface area contributed by atoms with Crippen molar-refractivity contribution in [1.29, 1.82) is 0 Å². The summed E-state index contributed by atoms with van der Waals surface area (Å²) in [5, 5.41) is 6.13. The Bertz CT molecular complexity index is 772. The van der Waals surface area contributed by atoms with Crippen LogP contribution in [0.5, 0.6) is 5.75 Å². The van der Waals surface area contributed by atoms with Crippen LogP contribution in [0.15, 0.2) is 42.5 Å². The van der Waals surface area contributed by atoms with Gasteiger partial charge in [-0.15, -0.1) is 0 Å². The number of ether oxygens (including phenoxy) is 1. The Labute approximate surface area is 148 Å². The van der Waals surface area contributed by atoms with Crippen molar-refractivity contribution < 1.29 is 9.53 Å². The van der Waals surface area contributed by atoms with E-state index in [0.717, 1.165) is 44.5 Å². The molecule has 2 aliphatic rings. The molecule has 0 fully saturated rings. The summed E-state index contributed by atoms with van der Waals surface area (Å²) < 4.78 is 5.53. The zero-order valence-corrected chi connectivity index (χ0v) is 14.4. The summed E-state index contributed by atoms with van der Waals surface area (Å²) in [6.45, 7) is 1.42. The van der Waals surface area contributed by atoms with Crippen molar-refractivity contribution >= 4 is 6.03 Å². The smallest absolute Gasteiger partial charge is 0.315 e. The predicted molar refractivity (Wildman–Crippen MR) is 98.0 cm³/mol. The summed E-state index contributed by atoms with van der Waals surface area (Å²) in [5.41, 5.74) is 5.15. The van der Waals surface area contributed by atoms with E-state index in [1.807, 2.05) is 12.1 Å². The SMILES string of the molecule is O=C(NCCc1ccc2c(c1)CCO2)NC1CCCc2ccccc21. The van der Waals surface area contributed by atoms with Crippen LogP contribution in [0.2, 0.25) is 0 Å². The highest BCUT2D eigenvalue weighted by atomic mass is 16.5. The topological polar surface area (TPSA) is 50.4 Å². The number of hydrogen-bond donors (Lipinski definition) is 2. The van der Waals surface area contributed by atoms with Crippen molar-refractivity contribution in [2.75, 3.05) is 13.2 Å². The van der Waals surface area contributed by atoms with Gasteiger partial charge in [-0.3, -0.25) is 0 Å². The van der Waals surface area contributed by atoms with Crippen molar-refractivity contribution in [1.82, 2.24) is 10.6 Å². The molecule has 1 atom stereocenters. The third-order valence-corrected chi connectivity index (χ3v) is 5.13. The Balaban J connectivity index is 1.29. The van der Waals surface area contributed by atoms with Gasteiger partial charge in [-0.05, 0) is 54.0 Å². The zero-order chi connectivity index (χ0) is 17.1. The number of fused-ring (bicyclic) bond motifs is 2. The van der Waals surface area contributed by atoms with Crippen LogP contribution in [0.3, 0.4) is 0 Å². The molecule has 1 unspecified atom stereocenters. The lowest BCUT2D eigenvalue weighted by atomic mass is 9.88. The van der Waals surface area contributed by atoms with Crippen molar-refractivity contribution in [2.45, 2.75) is 38.1 Å². The van der Waals surface area contributed by atoms with E-state index in [1.165, 1.54) is 22.3 Å². The molecule has 1 aliphatic heterocycles. The number of nitrogens with one attached hydrogen (secondary N) is 2. The van der Waals surface area contributed by atoms with Gasteiger partial charge in [0.05, 0.1) is 12.6 Å². The van der Waals surface area contributed by atoms with E-state index in [9.17, 15) is 4.79 Å². The first-order chi connectivity index (χ1) is 12.3. The Morgan fingerprint density at radius 1 is 1.12 bits per heavy atom. The fourth-order valence-electron chi connectivity index (χ4n) is 3.83. The van der Waals surface area contributed by atoms with Gasteiger partial charge in [0.15, 0.2) is 0 Å². The summed E-state index contributed by atoms with van der Waals surface area (Å²) in [5.74, 6) is 1.01. The second-order valence-electron chi connectivity index (χ2n) is 6.83. The number of aryl methyl sites for hydroxylation is 1. The molecule has 1 aliphatic carbocycles. The molecule has 0 spiro atoms. The highest BCUT2D eigenvalue weighted by Crippen LogP contribution is 2.29. The van der Waals surface area contributed by atoms with Gasteiger partial charge in [-0.1, -0.05) is 36.4 Å². The summed E-state index contributed by atoms with van der Waals surface area (Å²) in [7, 11) is 0. The Kier molecular flexibility index (Phi) is 4.59. The summed E-state index contributed by atoms with van der Waals surface area (Å²) in [4.78, 5) is 12.3. The summed E-state index contributed by atoms with van der Waals surface area (Å²) in [6.07, 6.45) is 5.06. The molecule has 1 heterocycles. The maximum absolute atomic E-state index is 12.3. The van der Waals surface area contributed by atoms with Crippen molar-refractivity contribution in [3.8, 4) is 5.75 Å². The molecule has 130 valence electrons. The van der Waals surface area contributed by atoms with Gasteiger partial charge in [0, 0.05) is 13.0 Å². The molecule has 2 N–H and O–H groups in total. The second-order valence-corrected chi connectivity index (χ2v) is 6.83. The standard InChI is InChI=1S/C21H24N2O2/c24-21(23-19-7-3-5-16-4-1-2-6-18(16)19)22-12-10-15-8-9-20-17(14-15)11-13-25-20/h1-2,4,6,8-9,14,19H,3,5,7,10-13H2,(H2,22,23,24). The van der Waals surface area contributed by atoms with Crippen LogP contribution in [-0.4, -0.2) is 19.2 Å². The molecule has 0 radical (unpaired) electrons. The molecule has 2 aromatic carbocycles. The van der Waals surface area contributed by atoms with E-state index in [2.05, 4.69) is 41.0 Å². The van der Waals surface area contributed by atoms with Crippen LogP contribution in [0.1, 0.15) is 41.1 Å². The highest BCUT2D eigenvalue weighted by Gasteiger charge is 2.21. The lowest BCUT2D eigenvalue weighted by Gasteiger charge is -2.26. The molecule has 0 saturated carbocycles. The van der Waals surface area contributed by atoms with Crippen LogP contribution >= 0.6 is 0 Å². The molecule has 25 heavy (non-hydrogen) atoms. The van der Waals surface area contributed by atoms with Gasteiger partial charge >= 0.3 is 6.03 Å². The first kappa shape index (κ1) is 16.0. The summed E-state index contributed by atoms with van der Waals surface area (Å²) >= 11 is 0. The second kappa shape index (κ2) is 7.18. The van der Waals surface area contributed by atoms with Gasteiger partial charge in [-0.2, -0.15) is 0 Å². The van der Waals surface area contributed by atoms with E-state index >= 15 is 0 Å². The zero-order valence-electron chi connectivity index (χ0n) is 14.4. The summed E-state index contributed by atoms with van der Waals surface area (Å²) in [6, 6.07) is 14.8. The molecule has 2 amide bonds. The van der Waals surface area contributed by atoms with Crippen molar-refractivity contribution in [3.63, 3.8) is 0 Å². The van der Waals surface area contributed by atoms with Gasteiger partial charge in [-0.25, -0.2) is 4.79 Å². The van der Waals surface area contributed by atoms with Crippen LogP contribution in [0.25, 0.3) is 0 Å². The molecule has 0 aromatic heterocycles. The molecular formula is C21H24N2O2. The molecule has 0 bridgehead atoms. The van der Waals surface area contributed by atoms with E-state index < -0.39 is 0 Å². The minimum Gasteiger partial charge on any atom is -0.493 e. The lowest BCUT2D eigenvalue weighted by molar-refractivity contribution is 0.235. The molecule has 4 nitrogen and oxygen atoms in total. The third kappa shape index (κ3) is 3.63. The highest BCUT2D eigenvalue weighted by molar-refractivity contribution is 5.74. The van der Waals surface area contributed by atoms with Crippen molar-refractivity contribution in [2.24, 2.45) is 0 Å². The van der Waals surface area contributed by atoms with Crippen LogP contribution in [0, 0.1) is 0 Å². The lowest BCUT2D eigenvalue weighted by Crippen LogP contribution is -2.39. The number of rotatable bonds is 4. The molecule has 0 saturated heterocycles. The van der Waals surface area contributed by atoms with Gasteiger partial charge in [0.1, 0.15) is 5.75 Å². The minimum absolute atomic E-state index is 0.0776. The number of urea groups is 1. The molecule has 4 rings (SSSR count).